The molecule has 0 aliphatic carbocycles. The van der Waals surface area contributed by atoms with Crippen LogP contribution in [0.5, 0.6) is 0 Å². The van der Waals surface area contributed by atoms with Gasteiger partial charge >= 0.3 is 87.5 Å². The van der Waals surface area contributed by atoms with Crippen LogP contribution in [0.25, 0.3) is 0 Å². The Morgan fingerprint density at radius 2 is 1.27 bits per heavy atom. The van der Waals surface area contributed by atoms with Crippen LogP contribution in [0.4, 0.5) is 0 Å². The Labute approximate surface area is 127 Å². The molecule has 0 spiro atoms. The van der Waals surface area contributed by atoms with E-state index in [4.69, 9.17) is 14.4 Å². The van der Waals surface area contributed by atoms with Crippen LogP contribution >= 0.6 is 0 Å². The zero-order valence-corrected chi connectivity index (χ0v) is 14.1. The molecule has 0 saturated carbocycles. The minimum atomic E-state index is -5.73. The second kappa shape index (κ2) is 7.07. The second-order valence-electron chi connectivity index (χ2n) is 1.18. The first kappa shape index (κ1) is 19.3. The summed E-state index contributed by atoms with van der Waals surface area (Å²) >= 11 is 0. The van der Waals surface area contributed by atoms with Gasteiger partial charge in [0.1, 0.15) is 0 Å². The van der Waals surface area contributed by atoms with Crippen LogP contribution in [0.3, 0.4) is 0 Å². The molecule has 0 unspecified atom stereocenters. The molecule has 0 saturated heterocycles. The Morgan fingerprint density at radius 1 is 1.00 bits per heavy atom. The van der Waals surface area contributed by atoms with Crippen molar-refractivity contribution in [3.8, 4) is 0 Å². The largest absolute Gasteiger partial charge is 2.00 e. The van der Waals surface area contributed by atoms with Crippen LogP contribution in [0.2, 0.25) is 0 Å². The summed E-state index contributed by atoms with van der Waals surface area (Å²) < 4.78 is 2.90. The molecular formula is H3BaNaO7Si2. The van der Waals surface area contributed by atoms with Crippen molar-refractivity contribution in [1.82, 2.24) is 0 Å². The van der Waals surface area contributed by atoms with Crippen molar-refractivity contribution >= 4 is 67.0 Å². The van der Waals surface area contributed by atoms with Gasteiger partial charge in [0.05, 0.1) is 0 Å². The van der Waals surface area contributed by atoms with Gasteiger partial charge in [-0.3, -0.25) is 0 Å². The Kier molecular flexibility index (Phi) is 12.4. The first-order valence-electron chi connectivity index (χ1n) is 1.69. The van der Waals surface area contributed by atoms with Crippen molar-refractivity contribution in [2.45, 2.75) is 0 Å². The maximum Gasteiger partial charge on any atom is 2.00 e. The second-order valence-corrected chi connectivity index (χ2v) is 4.14. The molecule has 0 aromatic carbocycles. The standard InChI is InChI=1S/Ba.Na.H3O7Si2/c;;1-8(2,3)7-9(4,5)6/h;;1-3H/q+2;+1;-3. The van der Waals surface area contributed by atoms with E-state index in [2.05, 4.69) is 4.12 Å². The Morgan fingerprint density at radius 3 is 1.27 bits per heavy atom. The zero-order valence-electron chi connectivity index (χ0n) is 5.68. The van der Waals surface area contributed by atoms with Gasteiger partial charge in [0.15, 0.2) is 0 Å². The molecule has 0 heterocycles. The molecule has 3 N–H and O–H groups in total. The Balaban J connectivity index is -0.000000320. The molecule has 0 atom stereocenters. The van der Waals surface area contributed by atoms with Crippen molar-refractivity contribution in [2.75, 3.05) is 0 Å². The first-order valence-corrected chi connectivity index (χ1v) is 5.07. The van der Waals surface area contributed by atoms with Crippen molar-refractivity contribution < 1.29 is 62.4 Å². The van der Waals surface area contributed by atoms with E-state index in [0.29, 0.717) is 0 Å². The van der Waals surface area contributed by atoms with Gasteiger partial charge in [-0.2, -0.15) is 0 Å². The first-order chi connectivity index (χ1) is 3.71. The number of hydrogen-bond acceptors (Lipinski definition) is 7. The van der Waals surface area contributed by atoms with Crippen molar-refractivity contribution in [1.29, 1.82) is 0 Å². The average molecular weight is 332 g/mol. The molecule has 0 rings (SSSR count). The van der Waals surface area contributed by atoms with Crippen molar-refractivity contribution in [3.05, 3.63) is 0 Å². The maximum absolute atomic E-state index is 9.48. The molecule has 11 heavy (non-hydrogen) atoms. The van der Waals surface area contributed by atoms with Crippen LogP contribution in [0, 0.1) is 0 Å². The van der Waals surface area contributed by atoms with Crippen LogP contribution < -0.4 is 43.9 Å². The molecule has 0 bridgehead atoms. The summed E-state index contributed by atoms with van der Waals surface area (Å²) in [6.07, 6.45) is 0. The fourth-order valence-electron chi connectivity index (χ4n) is 0.168. The molecule has 0 aliphatic rings. The van der Waals surface area contributed by atoms with Gasteiger partial charge < -0.3 is 32.9 Å². The van der Waals surface area contributed by atoms with Crippen LogP contribution in [0.1, 0.15) is 0 Å². The van der Waals surface area contributed by atoms with Gasteiger partial charge in [0.25, 0.3) is 0 Å². The topological polar surface area (TPSA) is 139 Å². The third-order valence-electron chi connectivity index (χ3n) is 0.262. The minimum Gasteiger partial charge on any atom is -0.861 e. The fourth-order valence-corrected chi connectivity index (χ4v) is 1.51. The van der Waals surface area contributed by atoms with E-state index >= 15 is 0 Å². The molecule has 0 radical (unpaired) electrons. The van der Waals surface area contributed by atoms with Gasteiger partial charge in [-0.1, -0.05) is 0 Å². The van der Waals surface area contributed by atoms with Crippen molar-refractivity contribution in [3.63, 3.8) is 0 Å². The summed E-state index contributed by atoms with van der Waals surface area (Å²) in [6.45, 7) is 0. The molecule has 11 heteroatoms. The SMILES string of the molecule is [Ba+2].[Na+].[O-][Si]([O-])([O-])O[Si](O)(O)O. The average Bonchev–Trinajstić information content (AvgIpc) is 1.14. The van der Waals surface area contributed by atoms with E-state index < -0.39 is 18.1 Å². The van der Waals surface area contributed by atoms with E-state index in [1.165, 1.54) is 0 Å². The fraction of sp³-hybridized carbons (Fsp3) is 0. The smallest absolute Gasteiger partial charge is 0.861 e. The summed E-state index contributed by atoms with van der Waals surface area (Å²) in [5.41, 5.74) is 0. The van der Waals surface area contributed by atoms with E-state index in [-0.39, 0.29) is 78.4 Å². The minimum absolute atomic E-state index is 0. The predicted molar refractivity (Wildman–Crippen MR) is 25.0 cm³/mol. The van der Waals surface area contributed by atoms with E-state index in [9.17, 15) is 14.4 Å². The summed E-state index contributed by atoms with van der Waals surface area (Å²) in [4.78, 5) is 51.9. The summed E-state index contributed by atoms with van der Waals surface area (Å²) in [6, 6.07) is 0. The van der Waals surface area contributed by atoms with Crippen LogP contribution in [-0.4, -0.2) is 81.4 Å². The summed E-state index contributed by atoms with van der Waals surface area (Å²) in [5.74, 6) is 0. The quantitative estimate of drug-likeness (QED) is 0.427. The van der Waals surface area contributed by atoms with E-state index in [1.807, 2.05) is 0 Å². The van der Waals surface area contributed by atoms with Gasteiger partial charge in [0, 0.05) is 0 Å². The number of rotatable bonds is 2. The monoisotopic (exact) mass is 332 g/mol. The predicted octanol–water partition coefficient (Wildman–Crippen LogP) is -9.44. The molecule has 0 fully saturated rings. The number of hydrogen-bond donors (Lipinski definition) is 3. The Bertz CT molecular complexity index is 81.6. The Hall–Kier alpha value is 2.73. The van der Waals surface area contributed by atoms with Gasteiger partial charge in [-0.05, 0) is 0 Å². The van der Waals surface area contributed by atoms with Gasteiger partial charge in [-0.15, -0.1) is 9.05 Å². The molecular weight excluding hydrogens is 328 g/mol. The summed E-state index contributed by atoms with van der Waals surface area (Å²) in [5, 5.41) is 0. The molecule has 56 valence electrons. The van der Waals surface area contributed by atoms with Gasteiger partial charge in [0.2, 0.25) is 0 Å². The van der Waals surface area contributed by atoms with Crippen LogP contribution in [0.15, 0.2) is 0 Å². The van der Waals surface area contributed by atoms with E-state index in [0.717, 1.165) is 0 Å². The van der Waals surface area contributed by atoms with Gasteiger partial charge in [-0.25, -0.2) is 0 Å². The molecule has 0 aliphatic heterocycles. The van der Waals surface area contributed by atoms with Crippen LogP contribution in [-0.2, 0) is 4.12 Å². The maximum atomic E-state index is 9.48. The van der Waals surface area contributed by atoms with Crippen molar-refractivity contribution in [2.24, 2.45) is 0 Å². The van der Waals surface area contributed by atoms with E-state index in [1.54, 1.807) is 0 Å². The molecule has 7 nitrogen and oxygen atoms in total. The molecule has 0 aromatic rings. The molecule has 0 aromatic heterocycles. The normalized spacial score (nSPS) is 11.5. The third kappa shape index (κ3) is 19.2. The summed E-state index contributed by atoms with van der Waals surface area (Å²) in [7, 11) is -10.9. The zero-order chi connectivity index (χ0) is 7.71. The third-order valence-corrected chi connectivity index (χ3v) is 2.36. The molecule has 0 amide bonds.